The number of nitrogens with zero attached hydrogens (tertiary/aromatic N) is 2. The number of urea groups is 1. The molecule has 6 nitrogen and oxygen atoms in total. The Balaban J connectivity index is 1.76. The minimum atomic E-state index is -0.354. The van der Waals surface area contributed by atoms with Crippen LogP contribution >= 0.6 is 11.3 Å². The molecule has 1 aliphatic heterocycles. The molecule has 1 aromatic heterocycles. The van der Waals surface area contributed by atoms with Crippen molar-refractivity contribution < 1.29 is 14.3 Å². The van der Waals surface area contributed by atoms with Gasteiger partial charge in [0.25, 0.3) is 0 Å². The average molecular weight is 458 g/mol. The Morgan fingerprint density at radius 3 is 2.69 bits per heavy atom. The van der Waals surface area contributed by atoms with Gasteiger partial charge in [0.05, 0.1) is 6.04 Å². The molecule has 0 radical (unpaired) electrons. The summed E-state index contributed by atoms with van der Waals surface area (Å²) in [6.45, 7) is 11.5. The van der Waals surface area contributed by atoms with E-state index in [0.717, 1.165) is 29.7 Å². The fourth-order valence-corrected chi connectivity index (χ4v) is 4.87. The number of nitrogens with one attached hydrogen (secondary N) is 1. The first-order valence-electron chi connectivity index (χ1n) is 11.3. The van der Waals surface area contributed by atoms with Crippen molar-refractivity contribution in [2.45, 2.75) is 59.0 Å². The van der Waals surface area contributed by atoms with Crippen molar-refractivity contribution in [3.05, 3.63) is 51.7 Å². The zero-order valence-electron chi connectivity index (χ0n) is 19.8. The molecule has 3 amide bonds. The Kier molecular flexibility index (Phi) is 7.82. The van der Waals surface area contributed by atoms with E-state index >= 15 is 0 Å². The van der Waals surface area contributed by atoms with Crippen molar-refractivity contribution in [2.24, 2.45) is 0 Å². The van der Waals surface area contributed by atoms with Crippen LogP contribution in [0.2, 0.25) is 0 Å². The van der Waals surface area contributed by atoms with Crippen molar-refractivity contribution in [1.82, 2.24) is 15.1 Å². The topological polar surface area (TPSA) is 61.9 Å². The molecule has 2 heterocycles. The summed E-state index contributed by atoms with van der Waals surface area (Å²) in [5, 5.41) is 5.06. The lowest BCUT2D eigenvalue weighted by Gasteiger charge is -2.37. The lowest BCUT2D eigenvalue weighted by atomic mass is 10.0. The van der Waals surface area contributed by atoms with E-state index in [1.165, 1.54) is 4.88 Å². The Labute approximate surface area is 195 Å². The molecule has 1 aliphatic rings. The van der Waals surface area contributed by atoms with E-state index in [1.54, 1.807) is 16.2 Å². The van der Waals surface area contributed by atoms with Crippen molar-refractivity contribution in [3.8, 4) is 5.75 Å². The SMILES string of the molecule is CCCN(CC(=O)N1CCc2sccc2[C@H]1COc1ccccc1C)C(=O)NC(C)(C)C. The summed E-state index contributed by atoms with van der Waals surface area (Å²) in [6.07, 6.45) is 1.63. The summed E-state index contributed by atoms with van der Waals surface area (Å²) in [7, 11) is 0. The number of aryl methyl sites for hydroxylation is 1. The van der Waals surface area contributed by atoms with Crippen LogP contribution in [0.1, 0.15) is 56.2 Å². The lowest BCUT2D eigenvalue weighted by molar-refractivity contribution is -0.135. The summed E-state index contributed by atoms with van der Waals surface area (Å²) in [4.78, 5) is 31.0. The number of carbonyl (C=O) groups excluding carboxylic acids is 2. The third kappa shape index (κ3) is 6.03. The second-order valence-electron chi connectivity index (χ2n) is 9.33. The van der Waals surface area contributed by atoms with Crippen molar-refractivity contribution >= 4 is 23.3 Å². The summed E-state index contributed by atoms with van der Waals surface area (Å²) in [5.41, 5.74) is 1.87. The predicted octanol–water partition coefficient (Wildman–Crippen LogP) is 4.78. The maximum Gasteiger partial charge on any atom is 0.318 e. The van der Waals surface area contributed by atoms with Gasteiger partial charge in [-0.3, -0.25) is 4.79 Å². The summed E-state index contributed by atoms with van der Waals surface area (Å²) in [5.74, 6) is 0.789. The molecular weight excluding hydrogens is 422 g/mol. The van der Waals surface area contributed by atoms with Crippen LogP contribution in [0.3, 0.4) is 0 Å². The maximum absolute atomic E-state index is 13.4. The molecule has 0 aliphatic carbocycles. The van der Waals surface area contributed by atoms with Gasteiger partial charge in [-0.1, -0.05) is 25.1 Å². The zero-order chi connectivity index (χ0) is 23.3. The Hall–Kier alpha value is -2.54. The molecule has 0 bridgehead atoms. The number of amides is 3. The first-order chi connectivity index (χ1) is 15.2. The van der Waals surface area contributed by atoms with Crippen LogP contribution in [-0.2, 0) is 11.2 Å². The van der Waals surface area contributed by atoms with Crippen LogP contribution in [0, 0.1) is 6.92 Å². The minimum absolute atomic E-state index is 0.0438. The second-order valence-corrected chi connectivity index (χ2v) is 10.3. The fraction of sp³-hybridized carbons (Fsp3) is 0.520. The van der Waals surface area contributed by atoms with E-state index in [2.05, 4.69) is 16.8 Å². The number of para-hydroxylation sites is 1. The van der Waals surface area contributed by atoms with Gasteiger partial charge >= 0.3 is 6.03 Å². The van der Waals surface area contributed by atoms with E-state index in [-0.39, 0.29) is 30.1 Å². The zero-order valence-corrected chi connectivity index (χ0v) is 20.6. The summed E-state index contributed by atoms with van der Waals surface area (Å²) < 4.78 is 6.17. The predicted molar refractivity (Wildman–Crippen MR) is 129 cm³/mol. The number of rotatable bonds is 7. The molecule has 0 saturated carbocycles. The van der Waals surface area contributed by atoms with E-state index in [9.17, 15) is 9.59 Å². The Bertz CT molecular complexity index is 935. The summed E-state index contributed by atoms with van der Waals surface area (Å²) >= 11 is 1.73. The third-order valence-electron chi connectivity index (χ3n) is 5.49. The normalized spacial score (nSPS) is 15.8. The highest BCUT2D eigenvalue weighted by Crippen LogP contribution is 2.34. The van der Waals surface area contributed by atoms with Crippen molar-refractivity contribution in [3.63, 3.8) is 0 Å². The van der Waals surface area contributed by atoms with Gasteiger partial charge < -0.3 is 19.9 Å². The van der Waals surface area contributed by atoms with Crippen molar-refractivity contribution in [1.29, 1.82) is 0 Å². The Morgan fingerprint density at radius 1 is 1.25 bits per heavy atom. The highest BCUT2D eigenvalue weighted by molar-refractivity contribution is 7.10. The molecule has 0 spiro atoms. The van der Waals surface area contributed by atoms with Gasteiger partial charge in [0.2, 0.25) is 5.91 Å². The number of fused-ring (bicyclic) bond motifs is 1. The molecule has 0 saturated heterocycles. The van der Waals surface area contributed by atoms with Crippen LogP contribution in [0.4, 0.5) is 4.79 Å². The van der Waals surface area contributed by atoms with E-state index < -0.39 is 0 Å². The van der Waals surface area contributed by atoms with Gasteiger partial charge in [-0.15, -0.1) is 11.3 Å². The molecule has 1 aromatic carbocycles. The molecule has 2 aromatic rings. The molecule has 0 fully saturated rings. The van der Waals surface area contributed by atoms with Gasteiger partial charge in [-0.25, -0.2) is 4.79 Å². The first-order valence-corrected chi connectivity index (χ1v) is 12.2. The van der Waals surface area contributed by atoms with E-state index in [0.29, 0.717) is 19.7 Å². The van der Waals surface area contributed by atoms with E-state index in [4.69, 9.17) is 4.74 Å². The summed E-state index contributed by atoms with van der Waals surface area (Å²) in [6, 6.07) is 9.66. The van der Waals surface area contributed by atoms with Crippen LogP contribution in [0.5, 0.6) is 5.75 Å². The first kappa shape index (κ1) is 24.1. The maximum atomic E-state index is 13.4. The smallest absolute Gasteiger partial charge is 0.318 e. The monoisotopic (exact) mass is 457 g/mol. The molecule has 32 heavy (non-hydrogen) atoms. The Morgan fingerprint density at radius 2 is 2.00 bits per heavy atom. The molecule has 7 heteroatoms. The van der Waals surface area contributed by atoms with Crippen molar-refractivity contribution in [2.75, 3.05) is 26.2 Å². The number of carbonyl (C=O) groups is 2. The van der Waals surface area contributed by atoms with Crippen LogP contribution in [0.15, 0.2) is 35.7 Å². The molecular formula is C25H35N3O3S. The lowest BCUT2D eigenvalue weighted by Crippen LogP contribution is -2.53. The minimum Gasteiger partial charge on any atom is -0.491 e. The fourth-order valence-electron chi connectivity index (χ4n) is 3.94. The van der Waals surface area contributed by atoms with Gasteiger partial charge in [0, 0.05) is 23.5 Å². The van der Waals surface area contributed by atoms with Gasteiger partial charge in [-0.05, 0) is 69.2 Å². The average Bonchev–Trinajstić information content (AvgIpc) is 3.20. The highest BCUT2D eigenvalue weighted by atomic mass is 32.1. The third-order valence-corrected chi connectivity index (χ3v) is 6.49. The number of thiophene rings is 1. The standard InChI is InChI=1S/C25H35N3O3S/c1-6-13-27(24(30)26-25(3,4)5)16-23(29)28-14-11-22-19(12-15-32-22)20(28)17-31-21-10-8-7-9-18(21)2/h7-10,12,15,20H,6,11,13-14,16-17H2,1-5H3,(H,26,30)/t20-/m1/s1. The van der Waals surface area contributed by atoms with Gasteiger partial charge in [0.1, 0.15) is 18.9 Å². The van der Waals surface area contributed by atoms with Crippen LogP contribution < -0.4 is 10.1 Å². The van der Waals surface area contributed by atoms with Gasteiger partial charge in [0.15, 0.2) is 0 Å². The molecule has 174 valence electrons. The number of ether oxygens (including phenoxy) is 1. The largest absolute Gasteiger partial charge is 0.491 e. The molecule has 3 rings (SSSR count). The number of hydrogen-bond acceptors (Lipinski definition) is 4. The number of benzene rings is 1. The number of hydrogen-bond donors (Lipinski definition) is 1. The highest BCUT2D eigenvalue weighted by Gasteiger charge is 2.33. The molecule has 1 atom stereocenters. The van der Waals surface area contributed by atoms with E-state index in [1.807, 2.05) is 63.8 Å². The molecule has 1 N–H and O–H groups in total. The van der Waals surface area contributed by atoms with Crippen LogP contribution in [-0.4, -0.2) is 53.5 Å². The molecule has 0 unspecified atom stereocenters. The van der Waals surface area contributed by atoms with Crippen LogP contribution in [0.25, 0.3) is 0 Å². The second kappa shape index (κ2) is 10.4. The quantitative estimate of drug-likeness (QED) is 0.651. The van der Waals surface area contributed by atoms with Gasteiger partial charge in [-0.2, -0.15) is 0 Å².